The minimum Gasteiger partial charge on any atom is -0.351 e. The van der Waals surface area contributed by atoms with E-state index in [2.05, 4.69) is 52.0 Å². The van der Waals surface area contributed by atoms with Gasteiger partial charge in [-0.05, 0) is 47.7 Å². The Morgan fingerprint density at radius 3 is 2.79 bits per heavy atom. The zero-order valence-electron chi connectivity index (χ0n) is 13.2. The molecule has 0 bridgehead atoms. The Morgan fingerprint density at radius 2 is 2.04 bits per heavy atom. The number of aromatic nitrogens is 4. The molecule has 24 heavy (non-hydrogen) atoms. The van der Waals surface area contributed by atoms with E-state index in [4.69, 9.17) is 0 Å². The number of hydrogen-bond donors (Lipinski definition) is 1. The molecule has 0 saturated carbocycles. The molecule has 0 saturated heterocycles. The molecule has 1 heterocycles. The number of amides is 1. The van der Waals surface area contributed by atoms with Crippen LogP contribution in [0.2, 0.25) is 0 Å². The van der Waals surface area contributed by atoms with Gasteiger partial charge < -0.3 is 5.32 Å². The Kier molecular flexibility index (Phi) is 5.22. The van der Waals surface area contributed by atoms with E-state index in [1.54, 1.807) is 23.9 Å². The molecule has 0 unspecified atom stereocenters. The summed E-state index contributed by atoms with van der Waals surface area (Å²) in [7, 11) is 0. The molecule has 7 heteroatoms. The second kappa shape index (κ2) is 7.74. The Morgan fingerprint density at radius 1 is 1.21 bits per heavy atom. The molecule has 3 aromatic rings. The van der Waals surface area contributed by atoms with Crippen molar-refractivity contribution in [1.29, 1.82) is 0 Å². The zero-order valence-corrected chi connectivity index (χ0v) is 14.0. The van der Waals surface area contributed by atoms with Crippen LogP contribution in [0.15, 0.2) is 59.8 Å². The molecule has 0 aliphatic heterocycles. The number of nitrogens with zero attached hydrogens (tertiary/aromatic N) is 4. The number of nitrogens with one attached hydrogen (secondary N) is 1. The normalized spacial score (nSPS) is 10.5. The molecule has 6 nitrogen and oxygen atoms in total. The first kappa shape index (κ1) is 16.2. The van der Waals surface area contributed by atoms with Crippen molar-refractivity contribution in [3.8, 4) is 5.69 Å². The van der Waals surface area contributed by atoms with Crippen molar-refractivity contribution in [2.75, 3.05) is 12.3 Å². The van der Waals surface area contributed by atoms with Gasteiger partial charge in [0.2, 0.25) is 0 Å². The quantitative estimate of drug-likeness (QED) is 0.552. The molecule has 0 radical (unpaired) electrons. The number of rotatable bonds is 6. The van der Waals surface area contributed by atoms with Crippen LogP contribution >= 0.6 is 11.8 Å². The van der Waals surface area contributed by atoms with Gasteiger partial charge in [-0.25, -0.2) is 4.68 Å². The summed E-state index contributed by atoms with van der Waals surface area (Å²) < 4.78 is 1.52. The lowest BCUT2D eigenvalue weighted by molar-refractivity contribution is 0.0956. The van der Waals surface area contributed by atoms with Crippen LogP contribution in [0.4, 0.5) is 0 Å². The minimum atomic E-state index is -0.102. The van der Waals surface area contributed by atoms with E-state index in [1.807, 2.05) is 12.1 Å². The van der Waals surface area contributed by atoms with Crippen molar-refractivity contribution in [1.82, 2.24) is 25.5 Å². The highest BCUT2D eigenvalue weighted by molar-refractivity contribution is 7.99. The van der Waals surface area contributed by atoms with Crippen LogP contribution in [0.3, 0.4) is 0 Å². The fourth-order valence-corrected chi connectivity index (χ4v) is 2.91. The second-order valence-electron chi connectivity index (χ2n) is 5.22. The van der Waals surface area contributed by atoms with E-state index in [0.29, 0.717) is 12.1 Å². The van der Waals surface area contributed by atoms with Crippen molar-refractivity contribution in [3.63, 3.8) is 0 Å². The number of thioether (sulfide) groups is 1. The predicted molar refractivity (Wildman–Crippen MR) is 93.4 cm³/mol. The largest absolute Gasteiger partial charge is 0.351 e. The molecule has 1 N–H and O–H groups in total. The molecule has 3 rings (SSSR count). The molecule has 0 spiro atoms. The summed E-state index contributed by atoms with van der Waals surface area (Å²) in [5, 5.41) is 13.9. The smallest absolute Gasteiger partial charge is 0.251 e. The molecule has 0 aliphatic carbocycles. The van der Waals surface area contributed by atoms with E-state index in [0.717, 1.165) is 11.4 Å². The highest BCUT2D eigenvalue weighted by Crippen LogP contribution is 2.17. The van der Waals surface area contributed by atoms with Gasteiger partial charge in [0.15, 0.2) is 0 Å². The average Bonchev–Trinajstić information content (AvgIpc) is 3.15. The summed E-state index contributed by atoms with van der Waals surface area (Å²) in [6, 6.07) is 15.6. The zero-order chi connectivity index (χ0) is 16.8. The van der Waals surface area contributed by atoms with Gasteiger partial charge in [-0.1, -0.05) is 23.8 Å². The van der Waals surface area contributed by atoms with Gasteiger partial charge >= 0.3 is 0 Å². The lowest BCUT2D eigenvalue weighted by atomic mass is 10.2. The highest BCUT2D eigenvalue weighted by atomic mass is 32.2. The average molecular weight is 339 g/mol. The lowest BCUT2D eigenvalue weighted by Gasteiger charge is -2.07. The Hall–Kier alpha value is -2.67. The Bertz CT molecular complexity index is 802. The summed E-state index contributed by atoms with van der Waals surface area (Å²) in [6.45, 7) is 2.67. The third kappa shape index (κ3) is 4.20. The second-order valence-corrected chi connectivity index (χ2v) is 6.39. The van der Waals surface area contributed by atoms with Crippen molar-refractivity contribution in [2.24, 2.45) is 0 Å². The fraction of sp³-hybridized carbons (Fsp3) is 0.176. The first-order valence-electron chi connectivity index (χ1n) is 7.53. The maximum atomic E-state index is 12.2. The molecule has 0 aliphatic rings. The van der Waals surface area contributed by atoms with Crippen LogP contribution in [-0.2, 0) is 0 Å². The van der Waals surface area contributed by atoms with E-state index < -0.39 is 0 Å². The maximum absolute atomic E-state index is 12.2. The van der Waals surface area contributed by atoms with Crippen molar-refractivity contribution >= 4 is 17.7 Å². The molecule has 1 amide bonds. The first-order chi connectivity index (χ1) is 11.7. The number of carbonyl (C=O) groups excluding carboxylic acids is 1. The van der Waals surface area contributed by atoms with Gasteiger partial charge in [-0.3, -0.25) is 4.79 Å². The van der Waals surface area contributed by atoms with E-state index in [9.17, 15) is 4.79 Å². The molecule has 0 atom stereocenters. The van der Waals surface area contributed by atoms with Crippen LogP contribution in [0, 0.1) is 6.92 Å². The molecule has 1 aromatic heterocycles. The first-order valence-corrected chi connectivity index (χ1v) is 8.52. The van der Waals surface area contributed by atoms with E-state index in [-0.39, 0.29) is 5.91 Å². The minimum absolute atomic E-state index is 0.102. The fourth-order valence-electron chi connectivity index (χ4n) is 2.14. The lowest BCUT2D eigenvalue weighted by Crippen LogP contribution is -2.25. The van der Waals surface area contributed by atoms with E-state index in [1.165, 1.54) is 21.5 Å². The number of aryl methyl sites for hydroxylation is 1. The summed E-state index contributed by atoms with van der Waals surface area (Å²) in [4.78, 5) is 13.4. The van der Waals surface area contributed by atoms with Crippen LogP contribution in [-0.4, -0.2) is 38.4 Å². The highest BCUT2D eigenvalue weighted by Gasteiger charge is 2.07. The van der Waals surface area contributed by atoms with Crippen LogP contribution < -0.4 is 5.32 Å². The van der Waals surface area contributed by atoms with Gasteiger partial charge in [0, 0.05) is 22.8 Å². The third-order valence-corrected chi connectivity index (χ3v) is 4.41. The molecule has 122 valence electrons. The number of benzene rings is 2. The van der Waals surface area contributed by atoms with Crippen LogP contribution in [0.25, 0.3) is 5.69 Å². The van der Waals surface area contributed by atoms with Crippen LogP contribution in [0.1, 0.15) is 15.9 Å². The van der Waals surface area contributed by atoms with Crippen molar-refractivity contribution in [2.45, 2.75) is 11.8 Å². The molecular weight excluding hydrogens is 322 g/mol. The number of tetrazole rings is 1. The maximum Gasteiger partial charge on any atom is 0.251 e. The predicted octanol–water partition coefficient (Wildman–Crippen LogP) is 2.49. The standard InChI is InChI=1S/C17H17N5OS/c1-13-5-7-16(8-6-13)24-10-9-18-17(23)14-3-2-4-15(11-14)22-12-19-20-21-22/h2-8,11-12H,9-10H2,1H3,(H,18,23). The van der Waals surface area contributed by atoms with Gasteiger partial charge in [0.05, 0.1) is 5.69 Å². The Balaban J connectivity index is 1.52. The van der Waals surface area contributed by atoms with Crippen molar-refractivity contribution < 1.29 is 4.79 Å². The van der Waals surface area contributed by atoms with Gasteiger partial charge in [0.25, 0.3) is 5.91 Å². The number of carbonyl (C=O) groups is 1. The summed E-state index contributed by atoms with van der Waals surface area (Å²) >= 11 is 1.72. The summed E-state index contributed by atoms with van der Waals surface area (Å²) in [5.41, 5.74) is 2.58. The monoisotopic (exact) mass is 339 g/mol. The third-order valence-electron chi connectivity index (χ3n) is 3.40. The molecule has 0 fully saturated rings. The van der Waals surface area contributed by atoms with Gasteiger partial charge in [0.1, 0.15) is 6.33 Å². The molecular formula is C17H17N5OS. The van der Waals surface area contributed by atoms with Crippen molar-refractivity contribution in [3.05, 3.63) is 66.0 Å². The number of hydrogen-bond acceptors (Lipinski definition) is 5. The molecule has 2 aromatic carbocycles. The Labute approximate surface area is 144 Å². The SMILES string of the molecule is Cc1ccc(SCCNC(=O)c2cccc(-n3cnnn3)c2)cc1. The van der Waals surface area contributed by atoms with Gasteiger partial charge in [-0.2, -0.15) is 0 Å². The summed E-state index contributed by atoms with van der Waals surface area (Å²) in [6.07, 6.45) is 1.50. The van der Waals surface area contributed by atoms with Crippen LogP contribution in [0.5, 0.6) is 0 Å². The topological polar surface area (TPSA) is 72.7 Å². The van der Waals surface area contributed by atoms with E-state index >= 15 is 0 Å². The summed E-state index contributed by atoms with van der Waals surface area (Å²) in [5.74, 6) is 0.719. The van der Waals surface area contributed by atoms with Gasteiger partial charge in [-0.15, -0.1) is 16.9 Å².